The van der Waals surface area contributed by atoms with Crippen LogP contribution in [-0.2, 0) is 4.79 Å². The summed E-state index contributed by atoms with van der Waals surface area (Å²) in [4.78, 5) is 20.2. The lowest BCUT2D eigenvalue weighted by Gasteiger charge is -2.23. The largest absolute Gasteiger partial charge is 0.354 e. The lowest BCUT2D eigenvalue weighted by Crippen LogP contribution is -2.46. The minimum Gasteiger partial charge on any atom is -0.354 e. The lowest BCUT2D eigenvalue weighted by molar-refractivity contribution is -0.127. The zero-order valence-corrected chi connectivity index (χ0v) is 19.6. The molecule has 0 saturated carbocycles. The summed E-state index contributed by atoms with van der Waals surface area (Å²) in [6.45, 7) is 14.3. The van der Waals surface area contributed by atoms with Crippen molar-refractivity contribution >= 4 is 35.8 Å². The molecule has 0 bridgehead atoms. The van der Waals surface area contributed by atoms with Crippen molar-refractivity contribution in [2.75, 3.05) is 40.3 Å². The highest BCUT2D eigenvalue weighted by Crippen LogP contribution is 2.00. The van der Waals surface area contributed by atoms with Crippen LogP contribution in [0.5, 0.6) is 0 Å². The van der Waals surface area contributed by atoms with Gasteiger partial charge in [-0.3, -0.25) is 4.79 Å². The summed E-state index contributed by atoms with van der Waals surface area (Å²) >= 11 is 0. The maximum atomic E-state index is 11.8. The molecule has 0 aliphatic carbocycles. The number of halogens is 1. The molecule has 150 valence electrons. The number of hydrogen-bond donors (Lipinski definition) is 2. The van der Waals surface area contributed by atoms with Crippen molar-refractivity contribution in [3.05, 3.63) is 0 Å². The third kappa shape index (κ3) is 13.3. The number of nitrogens with one attached hydrogen (secondary N) is 2. The third-order valence-corrected chi connectivity index (χ3v) is 4.26. The molecule has 0 radical (unpaired) electrons. The number of nitrogens with zero attached hydrogens (tertiary/aromatic N) is 3. The molecule has 0 fully saturated rings. The summed E-state index contributed by atoms with van der Waals surface area (Å²) in [6.07, 6.45) is 3.25. The van der Waals surface area contributed by atoms with E-state index in [4.69, 9.17) is 0 Å². The second-order valence-corrected chi connectivity index (χ2v) is 6.62. The van der Waals surface area contributed by atoms with Gasteiger partial charge in [0.05, 0.1) is 0 Å². The van der Waals surface area contributed by atoms with Gasteiger partial charge >= 0.3 is 0 Å². The molecule has 0 aliphatic rings. The summed E-state index contributed by atoms with van der Waals surface area (Å²) in [5, 5.41) is 6.81. The monoisotopic (exact) mass is 469 g/mol. The number of carbonyl (C=O) groups excluding carboxylic acids is 1. The Hall–Kier alpha value is -0.570. The van der Waals surface area contributed by atoms with Gasteiger partial charge in [0.1, 0.15) is 6.54 Å². The predicted octanol–water partition coefficient (Wildman–Crippen LogP) is 2.54. The van der Waals surface area contributed by atoms with Crippen molar-refractivity contribution < 1.29 is 4.79 Å². The molecule has 0 heterocycles. The molecule has 2 N–H and O–H groups in total. The van der Waals surface area contributed by atoms with Crippen LogP contribution < -0.4 is 10.6 Å². The van der Waals surface area contributed by atoms with E-state index in [-0.39, 0.29) is 36.4 Å². The summed E-state index contributed by atoms with van der Waals surface area (Å²) < 4.78 is 0. The number of hydrogen-bond acceptors (Lipinski definition) is 3. The molecule has 0 aromatic heterocycles. The van der Waals surface area contributed by atoms with Crippen LogP contribution in [0.1, 0.15) is 53.9 Å². The van der Waals surface area contributed by atoms with Gasteiger partial charge in [-0.2, -0.15) is 0 Å². The number of amides is 1. The minimum atomic E-state index is 0. The Kier molecular flexibility index (Phi) is 16.7. The highest BCUT2D eigenvalue weighted by Gasteiger charge is 2.10. The van der Waals surface area contributed by atoms with Crippen LogP contribution >= 0.6 is 24.0 Å². The van der Waals surface area contributed by atoms with Gasteiger partial charge in [0.2, 0.25) is 5.91 Å². The fourth-order valence-electron chi connectivity index (χ4n) is 2.22. The summed E-state index contributed by atoms with van der Waals surface area (Å²) in [7, 11) is 3.51. The van der Waals surface area contributed by atoms with Crippen LogP contribution in [0.2, 0.25) is 0 Å². The maximum Gasteiger partial charge on any atom is 0.243 e. The van der Waals surface area contributed by atoms with Crippen molar-refractivity contribution in [2.24, 2.45) is 4.99 Å². The Morgan fingerprint density at radius 3 is 2.08 bits per heavy atom. The molecule has 0 saturated heterocycles. The van der Waals surface area contributed by atoms with Crippen LogP contribution in [0.4, 0.5) is 0 Å². The SMILES string of the molecule is CCC(C)NC(=NCC(=O)N(C)C)NC(C)CCCN(CC)CC.I. The molecule has 0 spiro atoms. The van der Waals surface area contributed by atoms with Crippen molar-refractivity contribution in [1.82, 2.24) is 20.4 Å². The molecule has 25 heavy (non-hydrogen) atoms. The number of likely N-dealkylation sites (N-methyl/N-ethyl adjacent to an activating group) is 1. The highest BCUT2D eigenvalue weighted by atomic mass is 127. The second-order valence-electron chi connectivity index (χ2n) is 6.62. The van der Waals surface area contributed by atoms with Crippen LogP contribution in [0, 0.1) is 0 Å². The Bertz CT molecular complexity index is 372. The Balaban J connectivity index is 0. The molecule has 1 amide bonds. The van der Waals surface area contributed by atoms with Gasteiger partial charge in [0, 0.05) is 26.2 Å². The van der Waals surface area contributed by atoms with Gasteiger partial charge in [0.25, 0.3) is 0 Å². The molecular weight excluding hydrogens is 429 g/mol. The molecule has 6 nitrogen and oxygen atoms in total. The number of aliphatic imine (C=N–C) groups is 1. The predicted molar refractivity (Wildman–Crippen MR) is 119 cm³/mol. The number of carbonyl (C=O) groups is 1. The first kappa shape index (κ1) is 26.7. The Labute approximate surface area is 172 Å². The highest BCUT2D eigenvalue weighted by molar-refractivity contribution is 14.0. The van der Waals surface area contributed by atoms with Crippen LogP contribution in [0.15, 0.2) is 4.99 Å². The smallest absolute Gasteiger partial charge is 0.243 e. The van der Waals surface area contributed by atoms with Crippen molar-refractivity contribution in [3.63, 3.8) is 0 Å². The summed E-state index contributed by atoms with van der Waals surface area (Å²) in [5.41, 5.74) is 0. The molecular formula is C18H40IN5O. The first-order valence-corrected chi connectivity index (χ1v) is 9.33. The van der Waals surface area contributed by atoms with Crippen molar-refractivity contribution in [1.29, 1.82) is 0 Å². The topological polar surface area (TPSA) is 60.0 Å². The number of guanidine groups is 1. The van der Waals surface area contributed by atoms with Crippen LogP contribution in [0.3, 0.4) is 0 Å². The van der Waals surface area contributed by atoms with E-state index in [0.717, 1.165) is 44.9 Å². The van der Waals surface area contributed by atoms with E-state index in [1.807, 2.05) is 0 Å². The van der Waals surface area contributed by atoms with E-state index in [1.165, 1.54) is 0 Å². The lowest BCUT2D eigenvalue weighted by atomic mass is 10.1. The van der Waals surface area contributed by atoms with Crippen molar-refractivity contribution in [3.8, 4) is 0 Å². The van der Waals surface area contributed by atoms with E-state index in [9.17, 15) is 4.79 Å². The molecule has 2 unspecified atom stereocenters. The fraction of sp³-hybridized carbons (Fsp3) is 0.889. The van der Waals surface area contributed by atoms with Gasteiger partial charge in [-0.15, -0.1) is 24.0 Å². The molecule has 0 aromatic carbocycles. The maximum absolute atomic E-state index is 11.8. The van der Waals surface area contributed by atoms with Crippen LogP contribution in [0.25, 0.3) is 0 Å². The molecule has 2 atom stereocenters. The number of rotatable bonds is 11. The first-order chi connectivity index (χ1) is 11.3. The average Bonchev–Trinajstić information content (AvgIpc) is 2.55. The normalized spacial score (nSPS) is 13.8. The van der Waals surface area contributed by atoms with E-state index in [2.05, 4.69) is 55.1 Å². The molecule has 0 aliphatic heterocycles. The fourth-order valence-corrected chi connectivity index (χ4v) is 2.22. The summed E-state index contributed by atoms with van der Waals surface area (Å²) in [5.74, 6) is 0.740. The van der Waals surface area contributed by atoms with E-state index >= 15 is 0 Å². The average molecular weight is 469 g/mol. The van der Waals surface area contributed by atoms with Gasteiger partial charge < -0.3 is 20.4 Å². The van der Waals surface area contributed by atoms with Crippen molar-refractivity contribution in [2.45, 2.75) is 66.0 Å². The Morgan fingerprint density at radius 1 is 1.04 bits per heavy atom. The molecule has 0 rings (SSSR count). The second kappa shape index (κ2) is 15.7. The molecule has 0 aromatic rings. The summed E-state index contributed by atoms with van der Waals surface area (Å²) in [6, 6.07) is 0.652. The standard InChI is InChI=1S/C18H39N5O.HI/c1-8-15(4)20-18(19-14-17(24)22(6)7)21-16(5)12-11-13-23(9-2)10-3;/h15-16H,8-14H2,1-7H3,(H2,19,20,21);1H. The van der Waals surface area contributed by atoms with Gasteiger partial charge in [0.15, 0.2) is 5.96 Å². The van der Waals surface area contributed by atoms with E-state index < -0.39 is 0 Å². The zero-order valence-electron chi connectivity index (χ0n) is 17.3. The quantitative estimate of drug-likeness (QED) is 0.278. The minimum absolute atomic E-state index is 0. The van der Waals surface area contributed by atoms with Gasteiger partial charge in [-0.25, -0.2) is 4.99 Å². The first-order valence-electron chi connectivity index (χ1n) is 9.33. The van der Waals surface area contributed by atoms with Crippen LogP contribution in [-0.4, -0.2) is 74.0 Å². The van der Waals surface area contributed by atoms with Gasteiger partial charge in [-0.1, -0.05) is 20.8 Å². The Morgan fingerprint density at radius 2 is 1.60 bits per heavy atom. The van der Waals surface area contributed by atoms with E-state index in [1.54, 1.807) is 19.0 Å². The van der Waals surface area contributed by atoms with Gasteiger partial charge in [-0.05, 0) is 52.7 Å². The third-order valence-electron chi connectivity index (χ3n) is 4.26. The molecule has 7 heteroatoms. The zero-order chi connectivity index (χ0) is 18.5. The van der Waals surface area contributed by atoms with E-state index in [0.29, 0.717) is 12.1 Å².